The maximum absolute atomic E-state index is 13.3. The molecule has 2 aromatic carbocycles. The molecule has 1 fully saturated rings. The summed E-state index contributed by atoms with van der Waals surface area (Å²) in [5, 5.41) is 22.1. The molecule has 2 atom stereocenters. The van der Waals surface area contributed by atoms with Crippen LogP contribution in [-0.4, -0.2) is 42.5 Å². The third-order valence-corrected chi connectivity index (χ3v) is 6.97. The predicted molar refractivity (Wildman–Crippen MR) is 120 cm³/mol. The smallest absolute Gasteiger partial charge is 0.231 e. The lowest BCUT2D eigenvalue weighted by atomic mass is 9.84. The average molecular weight is 453 g/mol. The number of nitrogens with zero attached hydrogens (tertiary/aromatic N) is 2. The first-order valence-electron chi connectivity index (χ1n) is 10.2. The second-order valence-electron chi connectivity index (χ2n) is 7.46. The summed E-state index contributed by atoms with van der Waals surface area (Å²) in [7, 11) is 3.08. The highest BCUT2D eigenvalue weighted by molar-refractivity contribution is 8.03. The number of hydrogen-bond acceptors (Lipinski definition) is 7. The predicted octanol–water partition coefficient (Wildman–Crippen LogP) is 3.75. The van der Waals surface area contributed by atoms with Gasteiger partial charge in [-0.2, -0.15) is 5.26 Å². The lowest BCUT2D eigenvalue weighted by molar-refractivity contribution is -0.149. The highest BCUT2D eigenvalue weighted by atomic mass is 32.2. The number of methoxy groups -OCH3 is 2. The lowest BCUT2D eigenvalue weighted by Gasteiger charge is -2.38. The number of fused-ring (bicyclic) bond motifs is 1. The Kier molecular flexibility index (Phi) is 6.04. The van der Waals surface area contributed by atoms with Gasteiger partial charge in [-0.25, -0.2) is 0 Å². The van der Waals surface area contributed by atoms with Crippen LogP contribution in [0.25, 0.3) is 0 Å². The number of nitriles is 1. The molecule has 0 aromatic heterocycles. The zero-order chi connectivity index (χ0) is 22.9. The Morgan fingerprint density at radius 3 is 2.59 bits per heavy atom. The molecule has 0 spiro atoms. The number of carbonyl (C=O) groups excluding carboxylic acids is 1. The van der Waals surface area contributed by atoms with E-state index in [2.05, 4.69) is 6.07 Å². The molecule has 1 amide bonds. The van der Waals surface area contributed by atoms with Gasteiger partial charge in [0.2, 0.25) is 5.91 Å². The van der Waals surface area contributed by atoms with E-state index in [-0.39, 0.29) is 18.1 Å². The van der Waals surface area contributed by atoms with Crippen LogP contribution in [0.5, 0.6) is 17.2 Å². The Labute approximate surface area is 191 Å². The average Bonchev–Trinajstić information content (AvgIpc) is 3.18. The highest BCUT2D eigenvalue weighted by Crippen LogP contribution is 2.53. The van der Waals surface area contributed by atoms with Crippen LogP contribution in [0.2, 0.25) is 0 Å². The summed E-state index contributed by atoms with van der Waals surface area (Å²) in [4.78, 5) is 14.7. The molecule has 2 heterocycles. The second kappa shape index (κ2) is 8.77. The third kappa shape index (κ3) is 3.48. The zero-order valence-electron chi connectivity index (χ0n) is 18.1. The lowest BCUT2D eigenvalue weighted by Crippen LogP contribution is -2.48. The number of para-hydroxylation sites is 1. The summed E-state index contributed by atoms with van der Waals surface area (Å²) in [5.74, 6) is 1.21. The van der Waals surface area contributed by atoms with Gasteiger partial charge in [-0.1, -0.05) is 24.3 Å². The van der Waals surface area contributed by atoms with E-state index in [1.165, 1.54) is 23.8 Å². The van der Waals surface area contributed by atoms with E-state index < -0.39 is 11.6 Å². The SMILES string of the molecule is CCOc1ccc(C2(O)CSC3=C(C#N)C(c4cccc(OC)c4OC)CC(=O)N32)cc1. The van der Waals surface area contributed by atoms with Crippen LogP contribution in [0.15, 0.2) is 53.1 Å². The van der Waals surface area contributed by atoms with Crippen molar-refractivity contribution in [2.75, 3.05) is 26.6 Å². The van der Waals surface area contributed by atoms with Crippen molar-refractivity contribution in [1.29, 1.82) is 5.26 Å². The monoisotopic (exact) mass is 452 g/mol. The summed E-state index contributed by atoms with van der Waals surface area (Å²) >= 11 is 1.31. The maximum atomic E-state index is 13.3. The Balaban J connectivity index is 1.78. The number of hydrogen-bond donors (Lipinski definition) is 1. The Morgan fingerprint density at radius 1 is 1.22 bits per heavy atom. The van der Waals surface area contributed by atoms with Crippen molar-refractivity contribution in [2.45, 2.75) is 25.0 Å². The molecule has 166 valence electrons. The first-order valence-corrected chi connectivity index (χ1v) is 11.2. The van der Waals surface area contributed by atoms with Gasteiger partial charge in [-0.05, 0) is 25.1 Å². The topological polar surface area (TPSA) is 92.0 Å². The second-order valence-corrected chi connectivity index (χ2v) is 8.43. The number of thioether (sulfide) groups is 1. The number of aliphatic hydroxyl groups is 1. The molecule has 4 rings (SSSR count). The molecule has 7 nitrogen and oxygen atoms in total. The number of carbonyl (C=O) groups is 1. The molecule has 1 N–H and O–H groups in total. The van der Waals surface area contributed by atoms with Crippen LogP contribution in [-0.2, 0) is 10.5 Å². The van der Waals surface area contributed by atoms with Gasteiger partial charge in [-0.15, -0.1) is 11.8 Å². The zero-order valence-corrected chi connectivity index (χ0v) is 18.9. The minimum absolute atomic E-state index is 0.0375. The fraction of sp³-hybridized carbons (Fsp3) is 0.333. The first kappa shape index (κ1) is 22.1. The van der Waals surface area contributed by atoms with Gasteiger partial charge in [0.1, 0.15) is 5.75 Å². The summed E-state index contributed by atoms with van der Waals surface area (Å²) in [6.07, 6.45) is 0.0375. The van der Waals surface area contributed by atoms with Crippen LogP contribution < -0.4 is 14.2 Å². The minimum Gasteiger partial charge on any atom is -0.494 e. The van der Waals surface area contributed by atoms with Crippen molar-refractivity contribution in [3.05, 3.63) is 64.2 Å². The molecule has 0 saturated carbocycles. The largest absolute Gasteiger partial charge is 0.494 e. The first-order chi connectivity index (χ1) is 15.5. The van der Waals surface area contributed by atoms with Gasteiger partial charge in [0.15, 0.2) is 17.2 Å². The van der Waals surface area contributed by atoms with E-state index in [0.717, 1.165) is 0 Å². The minimum atomic E-state index is -1.53. The van der Waals surface area contributed by atoms with Crippen molar-refractivity contribution in [2.24, 2.45) is 0 Å². The van der Waals surface area contributed by atoms with E-state index in [1.807, 2.05) is 19.1 Å². The van der Waals surface area contributed by atoms with E-state index >= 15 is 0 Å². The van der Waals surface area contributed by atoms with Crippen LogP contribution >= 0.6 is 11.8 Å². The molecule has 32 heavy (non-hydrogen) atoms. The molecule has 2 aliphatic rings. The van der Waals surface area contributed by atoms with Crippen molar-refractivity contribution in [3.8, 4) is 23.3 Å². The molecule has 0 aliphatic carbocycles. The fourth-order valence-electron chi connectivity index (χ4n) is 4.28. The van der Waals surface area contributed by atoms with Crippen molar-refractivity contribution in [1.82, 2.24) is 4.90 Å². The van der Waals surface area contributed by atoms with Crippen LogP contribution in [0, 0.1) is 11.3 Å². The molecule has 2 aliphatic heterocycles. The molecular formula is C24H24N2O5S. The van der Waals surface area contributed by atoms with Gasteiger partial charge in [-0.3, -0.25) is 9.69 Å². The van der Waals surface area contributed by atoms with Gasteiger partial charge in [0.25, 0.3) is 0 Å². The normalized spacial score (nSPS) is 22.4. The molecule has 2 aromatic rings. The number of ether oxygens (including phenoxy) is 3. The Hall–Kier alpha value is -3.15. The quantitative estimate of drug-likeness (QED) is 0.714. The van der Waals surface area contributed by atoms with E-state index in [0.29, 0.717) is 45.6 Å². The van der Waals surface area contributed by atoms with E-state index in [9.17, 15) is 15.2 Å². The molecule has 8 heteroatoms. The number of allylic oxidation sites excluding steroid dienone is 1. The molecule has 0 radical (unpaired) electrons. The van der Waals surface area contributed by atoms with Crippen molar-refractivity contribution >= 4 is 17.7 Å². The molecule has 2 unspecified atom stereocenters. The van der Waals surface area contributed by atoms with Gasteiger partial charge >= 0.3 is 0 Å². The van der Waals surface area contributed by atoms with Crippen molar-refractivity contribution in [3.63, 3.8) is 0 Å². The molecular weight excluding hydrogens is 428 g/mol. The van der Waals surface area contributed by atoms with Crippen molar-refractivity contribution < 1.29 is 24.1 Å². The molecule has 0 bridgehead atoms. The highest BCUT2D eigenvalue weighted by Gasteiger charge is 2.52. The van der Waals surface area contributed by atoms with Gasteiger partial charge in [0, 0.05) is 23.5 Å². The number of amides is 1. The summed E-state index contributed by atoms with van der Waals surface area (Å²) in [6, 6.07) is 14.8. The van der Waals surface area contributed by atoms with Crippen LogP contribution in [0.4, 0.5) is 0 Å². The maximum Gasteiger partial charge on any atom is 0.231 e. The van der Waals surface area contributed by atoms with Crippen LogP contribution in [0.3, 0.4) is 0 Å². The molecule has 1 saturated heterocycles. The fourth-order valence-corrected chi connectivity index (χ4v) is 5.63. The van der Waals surface area contributed by atoms with E-state index in [1.54, 1.807) is 37.4 Å². The number of benzene rings is 2. The van der Waals surface area contributed by atoms with E-state index in [4.69, 9.17) is 14.2 Å². The van der Waals surface area contributed by atoms with Crippen LogP contribution in [0.1, 0.15) is 30.4 Å². The summed E-state index contributed by atoms with van der Waals surface area (Å²) in [6.45, 7) is 2.44. The standard InChI is InChI=1S/C24H24N2O5S/c1-4-31-16-10-8-15(9-11-16)24(28)14-32-23-19(13-25)18(12-21(27)26(23)24)17-6-5-7-20(29-2)22(17)30-3/h5-11,18,28H,4,12,14H2,1-3H3. The summed E-state index contributed by atoms with van der Waals surface area (Å²) in [5.41, 5.74) is 0.184. The Morgan fingerprint density at radius 2 is 1.97 bits per heavy atom. The third-order valence-electron chi connectivity index (χ3n) is 5.75. The van der Waals surface area contributed by atoms with Gasteiger partial charge in [0.05, 0.1) is 43.3 Å². The summed E-state index contributed by atoms with van der Waals surface area (Å²) < 4.78 is 16.4. The Bertz CT molecular complexity index is 1110. The van der Waals surface area contributed by atoms with Gasteiger partial charge < -0.3 is 19.3 Å². The number of rotatable bonds is 6.